The minimum Gasteiger partial charge on any atom is -0.364 e. The van der Waals surface area contributed by atoms with E-state index < -0.39 is 0 Å². The quantitative estimate of drug-likeness (QED) is 0.678. The van der Waals surface area contributed by atoms with Crippen LogP contribution in [0, 0.1) is 0 Å². The first kappa shape index (κ1) is 7.33. The monoisotopic (exact) mass is 175 g/mol. The maximum atomic E-state index is 4.14. The normalized spacial score (nSPS) is 31.2. The summed E-state index contributed by atoms with van der Waals surface area (Å²) in [6.45, 7) is 2.32. The molecular weight excluding hydrogens is 162 g/mol. The van der Waals surface area contributed by atoms with Gasteiger partial charge in [0.25, 0.3) is 0 Å². The molecule has 13 heavy (non-hydrogen) atoms. The second-order valence-electron chi connectivity index (χ2n) is 3.78. The number of fused-ring (bicyclic) bond motifs is 1. The fourth-order valence-corrected chi connectivity index (χ4v) is 2.34. The van der Waals surface area contributed by atoms with Gasteiger partial charge in [-0.1, -0.05) is 0 Å². The van der Waals surface area contributed by atoms with Crippen molar-refractivity contribution >= 4 is 5.69 Å². The third kappa shape index (κ3) is 1.04. The predicted octanol–water partition coefficient (Wildman–Crippen LogP) is 0.632. The number of anilines is 1. The summed E-state index contributed by atoms with van der Waals surface area (Å²) in [5.41, 5.74) is 1.27. The third-order valence-corrected chi connectivity index (χ3v) is 3.08. The van der Waals surface area contributed by atoms with E-state index in [2.05, 4.69) is 21.3 Å². The molecule has 0 bridgehead atoms. The van der Waals surface area contributed by atoms with Crippen LogP contribution in [0.15, 0.2) is 24.5 Å². The number of aromatic nitrogens is 1. The standard InChI is InChI=1S/C10H13N3/c1-2-8(6-11-4-1)13-7-9-10(13)3-5-12-9/h1-2,4,6,9-10,12H,3,5,7H2/t9-,10-/m1/s1. The fourth-order valence-electron chi connectivity index (χ4n) is 2.34. The third-order valence-electron chi connectivity index (χ3n) is 3.08. The Labute approximate surface area is 77.8 Å². The average Bonchev–Trinajstić information content (AvgIpc) is 2.50. The first-order valence-electron chi connectivity index (χ1n) is 4.85. The van der Waals surface area contributed by atoms with Gasteiger partial charge in [0.15, 0.2) is 0 Å². The molecular formula is C10H13N3. The van der Waals surface area contributed by atoms with Gasteiger partial charge in [-0.05, 0) is 25.1 Å². The van der Waals surface area contributed by atoms with Gasteiger partial charge in [-0.2, -0.15) is 0 Å². The van der Waals surface area contributed by atoms with E-state index in [1.807, 2.05) is 18.5 Å². The number of hydrogen-bond acceptors (Lipinski definition) is 3. The molecule has 2 aliphatic heterocycles. The van der Waals surface area contributed by atoms with Gasteiger partial charge in [-0.15, -0.1) is 0 Å². The van der Waals surface area contributed by atoms with Crippen LogP contribution in [-0.4, -0.2) is 30.2 Å². The van der Waals surface area contributed by atoms with Crippen LogP contribution in [0.1, 0.15) is 6.42 Å². The second kappa shape index (κ2) is 2.70. The SMILES string of the molecule is c1cncc(N2C[C@H]3NCC[C@H]32)c1. The van der Waals surface area contributed by atoms with Gasteiger partial charge in [0, 0.05) is 24.8 Å². The number of nitrogens with zero attached hydrogens (tertiary/aromatic N) is 2. The molecule has 2 fully saturated rings. The van der Waals surface area contributed by atoms with Crippen LogP contribution in [0.25, 0.3) is 0 Å². The zero-order chi connectivity index (χ0) is 8.67. The van der Waals surface area contributed by atoms with Crippen molar-refractivity contribution < 1.29 is 0 Å². The highest BCUT2D eigenvalue weighted by atomic mass is 15.3. The lowest BCUT2D eigenvalue weighted by molar-refractivity contribution is 0.396. The molecule has 0 aliphatic carbocycles. The molecule has 2 saturated heterocycles. The second-order valence-corrected chi connectivity index (χ2v) is 3.78. The Morgan fingerprint density at radius 3 is 3.31 bits per heavy atom. The largest absolute Gasteiger partial charge is 0.364 e. The minimum atomic E-state index is 0.726. The van der Waals surface area contributed by atoms with Gasteiger partial charge < -0.3 is 10.2 Å². The van der Waals surface area contributed by atoms with Crippen LogP contribution < -0.4 is 10.2 Å². The highest BCUT2D eigenvalue weighted by Gasteiger charge is 2.41. The molecule has 0 amide bonds. The lowest BCUT2D eigenvalue weighted by atomic mass is 9.97. The smallest absolute Gasteiger partial charge is 0.0556 e. The summed E-state index contributed by atoms with van der Waals surface area (Å²) >= 11 is 0. The van der Waals surface area contributed by atoms with Gasteiger partial charge >= 0.3 is 0 Å². The molecule has 1 aromatic heterocycles. The maximum Gasteiger partial charge on any atom is 0.0556 e. The van der Waals surface area contributed by atoms with Gasteiger partial charge in [0.2, 0.25) is 0 Å². The Balaban J connectivity index is 1.81. The molecule has 0 spiro atoms. The molecule has 3 heterocycles. The van der Waals surface area contributed by atoms with Gasteiger partial charge in [0.1, 0.15) is 0 Å². The van der Waals surface area contributed by atoms with E-state index >= 15 is 0 Å². The van der Waals surface area contributed by atoms with E-state index in [-0.39, 0.29) is 0 Å². The first-order valence-corrected chi connectivity index (χ1v) is 4.85. The molecule has 1 N–H and O–H groups in total. The summed E-state index contributed by atoms with van der Waals surface area (Å²) < 4.78 is 0. The lowest BCUT2D eigenvalue weighted by Crippen LogP contribution is -2.61. The van der Waals surface area contributed by atoms with Crippen molar-refractivity contribution in [1.82, 2.24) is 10.3 Å². The molecule has 0 unspecified atom stereocenters. The van der Waals surface area contributed by atoms with Crippen LogP contribution in [0.4, 0.5) is 5.69 Å². The Kier molecular flexibility index (Phi) is 1.52. The number of rotatable bonds is 1. The molecule has 0 radical (unpaired) electrons. The fraction of sp³-hybridized carbons (Fsp3) is 0.500. The summed E-state index contributed by atoms with van der Waals surface area (Å²) in [5, 5.41) is 3.49. The Morgan fingerprint density at radius 2 is 2.54 bits per heavy atom. The van der Waals surface area contributed by atoms with Crippen LogP contribution in [-0.2, 0) is 0 Å². The molecule has 1 aromatic rings. The van der Waals surface area contributed by atoms with Gasteiger partial charge in [-0.3, -0.25) is 4.98 Å². The Hall–Kier alpha value is -1.09. The zero-order valence-corrected chi connectivity index (χ0v) is 7.48. The van der Waals surface area contributed by atoms with Crippen molar-refractivity contribution in [2.75, 3.05) is 18.0 Å². The number of nitrogens with one attached hydrogen (secondary N) is 1. The van der Waals surface area contributed by atoms with Crippen molar-refractivity contribution in [1.29, 1.82) is 0 Å². The summed E-state index contributed by atoms with van der Waals surface area (Å²) in [6, 6.07) is 5.61. The van der Waals surface area contributed by atoms with Crippen molar-refractivity contribution in [3.05, 3.63) is 24.5 Å². The Morgan fingerprint density at radius 1 is 1.54 bits per heavy atom. The van der Waals surface area contributed by atoms with E-state index in [4.69, 9.17) is 0 Å². The molecule has 3 heteroatoms. The highest BCUT2D eigenvalue weighted by molar-refractivity contribution is 5.49. The highest BCUT2D eigenvalue weighted by Crippen LogP contribution is 2.30. The van der Waals surface area contributed by atoms with Crippen molar-refractivity contribution in [2.24, 2.45) is 0 Å². The van der Waals surface area contributed by atoms with E-state index in [9.17, 15) is 0 Å². The minimum absolute atomic E-state index is 0.726. The van der Waals surface area contributed by atoms with E-state index in [1.54, 1.807) is 0 Å². The van der Waals surface area contributed by atoms with Crippen molar-refractivity contribution in [3.63, 3.8) is 0 Å². The summed E-state index contributed by atoms with van der Waals surface area (Å²) in [4.78, 5) is 6.58. The van der Waals surface area contributed by atoms with E-state index in [0.29, 0.717) is 0 Å². The van der Waals surface area contributed by atoms with Crippen molar-refractivity contribution in [2.45, 2.75) is 18.5 Å². The number of pyridine rings is 1. The van der Waals surface area contributed by atoms with Crippen molar-refractivity contribution in [3.8, 4) is 0 Å². The molecule has 2 aliphatic rings. The predicted molar refractivity (Wildman–Crippen MR) is 51.8 cm³/mol. The van der Waals surface area contributed by atoms with Crippen LogP contribution in [0.5, 0.6) is 0 Å². The van der Waals surface area contributed by atoms with Gasteiger partial charge in [0.05, 0.1) is 11.9 Å². The lowest BCUT2D eigenvalue weighted by Gasteiger charge is -2.45. The molecule has 68 valence electrons. The van der Waals surface area contributed by atoms with Crippen LogP contribution >= 0.6 is 0 Å². The zero-order valence-electron chi connectivity index (χ0n) is 7.48. The number of hydrogen-bond donors (Lipinski definition) is 1. The molecule has 3 nitrogen and oxygen atoms in total. The van der Waals surface area contributed by atoms with Crippen LogP contribution in [0.2, 0.25) is 0 Å². The Bertz CT molecular complexity index is 298. The maximum absolute atomic E-state index is 4.14. The first-order chi connectivity index (χ1) is 6.45. The molecule has 0 saturated carbocycles. The summed E-state index contributed by atoms with van der Waals surface area (Å²) in [6.07, 6.45) is 5.06. The summed E-state index contributed by atoms with van der Waals surface area (Å²) in [5.74, 6) is 0. The molecule has 0 aromatic carbocycles. The topological polar surface area (TPSA) is 28.2 Å². The molecule has 2 atom stereocenters. The summed E-state index contributed by atoms with van der Waals surface area (Å²) in [7, 11) is 0. The van der Waals surface area contributed by atoms with E-state index in [0.717, 1.165) is 18.6 Å². The van der Waals surface area contributed by atoms with Crippen LogP contribution in [0.3, 0.4) is 0 Å². The van der Waals surface area contributed by atoms with Gasteiger partial charge in [-0.25, -0.2) is 0 Å². The average molecular weight is 175 g/mol. The van der Waals surface area contributed by atoms with E-state index in [1.165, 1.54) is 18.7 Å². The molecule has 3 rings (SSSR count).